The van der Waals surface area contributed by atoms with Crippen molar-refractivity contribution in [2.24, 2.45) is 5.92 Å². The second kappa shape index (κ2) is 7.31. The molecule has 2 atom stereocenters. The quantitative estimate of drug-likeness (QED) is 0.229. The van der Waals surface area contributed by atoms with E-state index in [1.54, 1.807) is 12.2 Å². The zero-order valence-electron chi connectivity index (χ0n) is 14.4. The molecule has 0 heterocycles. The summed E-state index contributed by atoms with van der Waals surface area (Å²) in [4.78, 5) is 23.2. The number of amides is 1. The average Bonchev–Trinajstić information content (AvgIpc) is 2.92. The predicted molar refractivity (Wildman–Crippen MR) is 99.7 cm³/mol. The number of hydrogen-bond donors (Lipinski definition) is 3. The second-order valence-corrected chi connectivity index (χ2v) is 7.33. The molecule has 0 spiro atoms. The number of carboxylic acids is 1. The molecule has 0 aromatic rings. The molecule has 25 heavy (non-hydrogen) atoms. The van der Waals surface area contributed by atoms with Gasteiger partial charge in [0.15, 0.2) is 11.8 Å². The van der Waals surface area contributed by atoms with E-state index < -0.39 is 23.5 Å². The lowest BCUT2D eigenvalue weighted by molar-refractivity contribution is -0.530. The summed E-state index contributed by atoms with van der Waals surface area (Å²) in [7, 11) is 0. The number of carboxylic acid groups (broad SMARTS) is 1. The first-order valence-corrected chi connectivity index (χ1v) is 8.54. The van der Waals surface area contributed by atoms with Crippen molar-refractivity contribution in [3.05, 3.63) is 52.3 Å². The third-order valence-corrected chi connectivity index (χ3v) is 4.24. The summed E-state index contributed by atoms with van der Waals surface area (Å²) in [5.41, 5.74) is 1.52. The fourth-order valence-electron chi connectivity index (χ4n) is 2.36. The Hall–Kier alpha value is -2.28. The van der Waals surface area contributed by atoms with E-state index >= 15 is 0 Å². The molecular weight excluding hydrogens is 340 g/mol. The van der Waals surface area contributed by atoms with Crippen molar-refractivity contribution in [2.75, 3.05) is 5.75 Å². The number of fused-ring (bicyclic) bond motifs is 1. The Morgan fingerprint density at radius 3 is 2.68 bits per heavy atom. The molecule has 0 aromatic carbocycles. The molecule has 0 saturated heterocycles. The van der Waals surface area contributed by atoms with Gasteiger partial charge in [-0.25, -0.2) is 9.53 Å². The first kappa shape index (κ1) is 19.1. The number of thiol groups is 1. The van der Waals surface area contributed by atoms with Crippen LogP contribution in [0.2, 0.25) is 0 Å². The molecule has 0 aromatic heterocycles. The smallest absolute Gasteiger partial charge is 0.327 e. The topological polar surface area (TPSA) is 92.5 Å². The van der Waals surface area contributed by atoms with Crippen molar-refractivity contribution in [1.82, 2.24) is 5.32 Å². The lowest BCUT2D eigenvalue weighted by Gasteiger charge is -2.18. The predicted octanol–water partition coefficient (Wildman–Crippen LogP) is 1.84. The summed E-state index contributed by atoms with van der Waals surface area (Å²) in [6.07, 6.45) is 10.6. The highest BCUT2D eigenvalue weighted by Gasteiger charge is 2.25. The van der Waals surface area contributed by atoms with E-state index in [0.717, 1.165) is 15.9 Å². The molecule has 1 amide bonds. The van der Waals surface area contributed by atoms with Crippen molar-refractivity contribution >= 4 is 30.7 Å². The molecule has 134 valence electrons. The first-order valence-electron chi connectivity index (χ1n) is 7.91. The number of aliphatic carboxylic acids is 1. The van der Waals surface area contributed by atoms with Gasteiger partial charge in [0.25, 0.3) is 5.91 Å². The van der Waals surface area contributed by atoms with E-state index in [2.05, 4.69) is 17.9 Å². The molecule has 6 nitrogen and oxygen atoms in total. The minimum atomic E-state index is -1.13. The van der Waals surface area contributed by atoms with Gasteiger partial charge in [-0.2, -0.15) is 12.6 Å². The Balaban J connectivity index is 2.16. The van der Waals surface area contributed by atoms with E-state index in [0.29, 0.717) is 5.57 Å². The summed E-state index contributed by atoms with van der Waals surface area (Å²) in [6.45, 7) is 5.48. The monoisotopic (exact) mass is 362 g/mol. The molecule has 0 fully saturated rings. The van der Waals surface area contributed by atoms with Crippen molar-refractivity contribution < 1.29 is 19.4 Å². The standard InChI is InChI=1S/C18H22N2O4S/c1-18(2,3)20(24)9-11-6-12-4-5-13(8-14(12)7-11)16(21)19-15(10-25)17(22)23/h4-9,12,15,25H,10H2,1-3H3,(H,19,21)(H,22,23)/b20-9+. The van der Waals surface area contributed by atoms with Crippen LogP contribution in [0.15, 0.2) is 47.1 Å². The summed E-state index contributed by atoms with van der Waals surface area (Å²) < 4.78 is 0.901. The van der Waals surface area contributed by atoms with Gasteiger partial charge in [-0.05, 0) is 17.7 Å². The Bertz CT molecular complexity index is 739. The maximum absolute atomic E-state index is 12.2. The van der Waals surface area contributed by atoms with Crippen LogP contribution in [0, 0.1) is 11.1 Å². The van der Waals surface area contributed by atoms with Gasteiger partial charge in [-0.3, -0.25) is 4.79 Å². The molecule has 0 radical (unpaired) electrons. The van der Waals surface area contributed by atoms with Crippen LogP contribution in [-0.2, 0) is 9.59 Å². The van der Waals surface area contributed by atoms with Gasteiger partial charge in [0, 0.05) is 43.6 Å². The maximum Gasteiger partial charge on any atom is 0.327 e. The van der Waals surface area contributed by atoms with Crippen LogP contribution in [0.5, 0.6) is 0 Å². The Labute approximate surface area is 152 Å². The van der Waals surface area contributed by atoms with Crippen LogP contribution in [-0.4, -0.2) is 45.3 Å². The van der Waals surface area contributed by atoms with Gasteiger partial charge in [0.2, 0.25) is 0 Å². The van der Waals surface area contributed by atoms with Crippen molar-refractivity contribution in [3.63, 3.8) is 0 Å². The Morgan fingerprint density at radius 1 is 1.44 bits per heavy atom. The lowest BCUT2D eigenvalue weighted by Crippen LogP contribution is -2.42. The van der Waals surface area contributed by atoms with Gasteiger partial charge in [-0.15, -0.1) is 0 Å². The normalized spacial score (nSPS) is 21.0. The highest BCUT2D eigenvalue weighted by molar-refractivity contribution is 7.80. The molecule has 2 N–H and O–H groups in total. The fraction of sp³-hybridized carbons (Fsp3) is 0.389. The number of hydroxylamine groups is 1. The number of nitrogens with zero attached hydrogens (tertiary/aromatic N) is 1. The molecular formula is C18H22N2O4S. The first-order chi connectivity index (χ1) is 11.6. The minimum Gasteiger partial charge on any atom is -0.623 e. The largest absolute Gasteiger partial charge is 0.623 e. The second-order valence-electron chi connectivity index (χ2n) is 6.97. The van der Waals surface area contributed by atoms with Gasteiger partial charge in [-0.1, -0.05) is 18.2 Å². The van der Waals surface area contributed by atoms with Crippen LogP contribution in [0.4, 0.5) is 0 Å². The van der Waals surface area contributed by atoms with Crippen LogP contribution in [0.1, 0.15) is 20.8 Å². The summed E-state index contributed by atoms with van der Waals surface area (Å²) >= 11 is 3.93. The van der Waals surface area contributed by atoms with Crippen molar-refractivity contribution in [1.29, 1.82) is 0 Å². The van der Waals surface area contributed by atoms with Crippen LogP contribution in [0.25, 0.3) is 0 Å². The molecule has 0 bridgehead atoms. The number of carbonyl (C=O) groups excluding carboxylic acids is 1. The van der Waals surface area contributed by atoms with Crippen molar-refractivity contribution in [3.8, 4) is 0 Å². The van der Waals surface area contributed by atoms with Crippen LogP contribution >= 0.6 is 12.6 Å². The molecule has 7 heteroatoms. The molecule has 0 saturated carbocycles. The number of carbonyl (C=O) groups is 2. The van der Waals surface area contributed by atoms with E-state index in [4.69, 9.17) is 5.11 Å². The highest BCUT2D eigenvalue weighted by Crippen LogP contribution is 2.30. The molecule has 0 aliphatic heterocycles. The van der Waals surface area contributed by atoms with E-state index in [-0.39, 0.29) is 11.7 Å². The zero-order valence-corrected chi connectivity index (χ0v) is 15.3. The van der Waals surface area contributed by atoms with E-state index in [1.165, 1.54) is 6.21 Å². The summed E-state index contributed by atoms with van der Waals surface area (Å²) in [6, 6.07) is -1.04. The number of allylic oxidation sites excluding steroid dienone is 6. The van der Waals surface area contributed by atoms with Gasteiger partial charge in [0.1, 0.15) is 6.04 Å². The molecule has 2 rings (SSSR count). The lowest BCUT2D eigenvalue weighted by atomic mass is 9.93. The van der Waals surface area contributed by atoms with Gasteiger partial charge < -0.3 is 15.6 Å². The molecule has 2 aliphatic carbocycles. The van der Waals surface area contributed by atoms with Gasteiger partial charge in [0.05, 0.1) is 0 Å². The zero-order chi connectivity index (χ0) is 18.8. The molecule has 2 unspecified atom stereocenters. The van der Waals surface area contributed by atoms with Gasteiger partial charge >= 0.3 is 5.97 Å². The van der Waals surface area contributed by atoms with E-state index in [1.807, 2.05) is 39.0 Å². The van der Waals surface area contributed by atoms with Crippen molar-refractivity contribution in [2.45, 2.75) is 32.4 Å². The SMILES string of the molecule is CC(C)(C)/[N+]([O-])=C\C1=CC2C=CC(C(=O)NC(CS)C(=O)O)=CC2=C1. The van der Waals surface area contributed by atoms with Crippen LogP contribution in [0.3, 0.4) is 0 Å². The third-order valence-electron chi connectivity index (χ3n) is 3.87. The summed E-state index contributed by atoms with van der Waals surface area (Å²) in [5, 5.41) is 23.5. The third kappa shape index (κ3) is 4.63. The number of hydrogen-bond acceptors (Lipinski definition) is 4. The Kier molecular flexibility index (Phi) is 5.57. The Morgan fingerprint density at radius 2 is 2.12 bits per heavy atom. The van der Waals surface area contributed by atoms with E-state index in [9.17, 15) is 14.8 Å². The summed E-state index contributed by atoms with van der Waals surface area (Å²) in [5.74, 6) is -1.57. The fourth-order valence-corrected chi connectivity index (χ4v) is 2.61. The van der Waals surface area contributed by atoms with Crippen LogP contribution < -0.4 is 5.32 Å². The average molecular weight is 362 g/mol. The number of nitrogens with one attached hydrogen (secondary N) is 1. The minimum absolute atomic E-state index is 0.0101. The maximum atomic E-state index is 12.2. The number of rotatable bonds is 5. The molecule has 2 aliphatic rings. The highest BCUT2D eigenvalue weighted by atomic mass is 32.1.